The maximum Gasteiger partial charge on any atom is 0.338 e. The number of aliphatic carboxylic acids is 3. The Morgan fingerprint density at radius 2 is 0.773 bits per heavy atom. The fourth-order valence-electron chi connectivity index (χ4n) is 7.25. The minimum Gasteiger partial charge on any atom is -0.487 e. The number of carboxylic acid groups (broad SMARTS) is 3. The van der Waals surface area contributed by atoms with Gasteiger partial charge in [-0.1, -0.05) is 29.3 Å². The summed E-state index contributed by atoms with van der Waals surface area (Å²) in [7, 11) is -10.3. The van der Waals surface area contributed by atoms with E-state index in [1.54, 1.807) is 79.7 Å². The number of hydrogen-bond acceptors (Lipinski definition) is 13. The van der Waals surface area contributed by atoms with Crippen molar-refractivity contribution in [3.63, 3.8) is 0 Å². The summed E-state index contributed by atoms with van der Waals surface area (Å²) in [5.74, 6) is -3.75. The standard InChI is InChI=1S/C19H20Br2FNO5S.C18H17Br2ClFNO5S.C18H17Br2ClN2O6S/c1-3-29(26,27)23-14-5-11(2)4-13(6-14)10-28-18-15(20)7-12(8-16(18)21)9-17(22)19(24)25;1-2-29(26,27)23-13-4-11(3-12(21)8-13)9-28-17-14(19)5-10(6-15(17)20)7-16(22)18(24)25;1-2-30(27,28)23-13-4-10(3-11(21)5-13)9-29-18-14(19)6-12(7-15(18)20)22-16(24)8-17(25)26/h4-8,17,23H,3,9-10H2,1-2H3,(H,24,25);3-6,8,16,23H,2,7,9H2,1H3,(H,24,25);3-7,23H,2,8-9H2,1H3,(H,22,24)(H,25,26). The molecule has 0 aromatic heterocycles. The van der Waals surface area contributed by atoms with Crippen molar-refractivity contribution in [1.29, 1.82) is 0 Å². The molecule has 0 radical (unpaired) electrons. The number of carboxylic acids is 3. The van der Waals surface area contributed by atoms with Crippen molar-refractivity contribution in [2.24, 2.45) is 0 Å². The van der Waals surface area contributed by atoms with E-state index in [1.165, 1.54) is 26.0 Å². The number of anilines is 4. The van der Waals surface area contributed by atoms with Gasteiger partial charge in [-0.25, -0.2) is 43.6 Å². The number of halogens is 10. The average Bonchev–Trinajstić information content (AvgIpc) is 3.50. The Hall–Kier alpha value is -4.83. The second-order valence-corrected chi connectivity index (χ2v) is 30.5. The van der Waals surface area contributed by atoms with Crippen LogP contribution in [0.5, 0.6) is 17.2 Å². The number of nitrogens with one attached hydrogen (secondary N) is 4. The molecule has 20 nitrogen and oxygen atoms in total. The molecule has 0 heterocycles. The minimum atomic E-state index is -3.44. The van der Waals surface area contributed by atoms with Gasteiger partial charge in [-0.2, -0.15) is 0 Å². The summed E-state index contributed by atoms with van der Waals surface area (Å²) >= 11 is 32.2. The lowest BCUT2D eigenvalue weighted by molar-refractivity contribution is -0.143. The number of carbonyl (C=O) groups excluding carboxylic acids is 1. The van der Waals surface area contributed by atoms with Crippen LogP contribution < -0.4 is 33.7 Å². The zero-order valence-electron chi connectivity index (χ0n) is 46.3. The second-order valence-electron chi connectivity index (χ2n) is 18.5. The summed E-state index contributed by atoms with van der Waals surface area (Å²) in [6.07, 6.45) is -5.17. The first kappa shape index (κ1) is 75.6. The lowest BCUT2D eigenvalue weighted by atomic mass is 10.1. The Kier molecular flexibility index (Phi) is 29.7. The molecule has 88 heavy (non-hydrogen) atoms. The first-order chi connectivity index (χ1) is 41.0. The van der Waals surface area contributed by atoms with Crippen molar-refractivity contribution in [1.82, 2.24) is 0 Å². The molecule has 2 atom stereocenters. The van der Waals surface area contributed by atoms with Gasteiger partial charge in [0.05, 0.1) is 55.5 Å². The van der Waals surface area contributed by atoms with E-state index in [0.717, 1.165) is 11.1 Å². The predicted octanol–water partition coefficient (Wildman–Crippen LogP) is 14.6. The summed E-state index contributed by atoms with van der Waals surface area (Å²) < 4.78 is 125. The Morgan fingerprint density at radius 3 is 1.08 bits per heavy atom. The number of rotatable bonds is 27. The van der Waals surface area contributed by atoms with Crippen molar-refractivity contribution in [2.75, 3.05) is 36.7 Å². The molecule has 6 aromatic rings. The average molecular weight is 1710 g/mol. The van der Waals surface area contributed by atoms with Crippen LogP contribution >= 0.6 is 119 Å². The molecule has 1 amide bonds. The number of aryl methyl sites for hydroxylation is 1. The molecule has 0 bridgehead atoms. The number of ether oxygens (including phenoxy) is 3. The smallest absolute Gasteiger partial charge is 0.338 e. The van der Waals surface area contributed by atoms with Crippen LogP contribution in [0.4, 0.5) is 31.5 Å². The quantitative estimate of drug-likeness (QED) is 0.0236. The largest absolute Gasteiger partial charge is 0.487 e. The van der Waals surface area contributed by atoms with Crippen LogP contribution in [0.3, 0.4) is 0 Å². The number of hydrogen-bond donors (Lipinski definition) is 7. The molecule has 0 aliphatic carbocycles. The predicted molar refractivity (Wildman–Crippen MR) is 355 cm³/mol. The summed E-state index contributed by atoms with van der Waals surface area (Å²) in [5.41, 5.74) is 5.37. The summed E-state index contributed by atoms with van der Waals surface area (Å²) in [4.78, 5) is 43.6. The minimum absolute atomic E-state index is 0.0271. The van der Waals surface area contributed by atoms with E-state index in [2.05, 4.69) is 115 Å². The van der Waals surface area contributed by atoms with Crippen LogP contribution in [0.1, 0.15) is 60.6 Å². The molecular formula is C55H54Br6Cl2F2N4O16S3. The Balaban J connectivity index is 0.000000282. The van der Waals surface area contributed by atoms with E-state index >= 15 is 0 Å². The van der Waals surface area contributed by atoms with Gasteiger partial charge in [-0.3, -0.25) is 23.8 Å². The molecule has 2 unspecified atom stereocenters. The molecule has 7 N–H and O–H groups in total. The highest BCUT2D eigenvalue weighted by Crippen LogP contribution is 2.39. The van der Waals surface area contributed by atoms with Crippen molar-refractivity contribution >= 4 is 195 Å². The molecule has 0 spiro atoms. The first-order valence-corrected chi connectivity index (χ1v) is 35.8. The van der Waals surface area contributed by atoms with Crippen LogP contribution in [0, 0.1) is 6.92 Å². The van der Waals surface area contributed by atoms with Crippen LogP contribution in [0.2, 0.25) is 10.0 Å². The number of benzene rings is 6. The third kappa shape index (κ3) is 25.8. The fraction of sp³-hybridized carbons (Fsp3) is 0.273. The third-order valence-corrected chi connectivity index (χ3v) is 19.1. The maximum atomic E-state index is 13.5. The van der Waals surface area contributed by atoms with Gasteiger partial charge < -0.3 is 34.8 Å². The Bertz CT molecular complexity index is 3670. The molecule has 0 saturated carbocycles. The fourth-order valence-corrected chi connectivity index (χ4v) is 14.1. The van der Waals surface area contributed by atoms with Gasteiger partial charge in [-0.15, -0.1) is 0 Å². The van der Waals surface area contributed by atoms with Gasteiger partial charge in [0.2, 0.25) is 48.3 Å². The number of carbonyl (C=O) groups is 4. The molecule has 0 aliphatic heterocycles. The molecule has 0 saturated heterocycles. The van der Waals surface area contributed by atoms with Gasteiger partial charge in [-0.05, 0) is 242 Å². The van der Waals surface area contributed by atoms with Crippen LogP contribution in [-0.2, 0) is 81.9 Å². The molecule has 0 fully saturated rings. The van der Waals surface area contributed by atoms with Crippen molar-refractivity contribution in [3.8, 4) is 17.2 Å². The van der Waals surface area contributed by atoms with Crippen LogP contribution in [-0.4, -0.2) is 94.0 Å². The van der Waals surface area contributed by atoms with Crippen molar-refractivity contribution in [2.45, 2.75) is 79.1 Å². The van der Waals surface area contributed by atoms with Crippen LogP contribution in [0.25, 0.3) is 0 Å². The lowest BCUT2D eigenvalue weighted by Gasteiger charge is -2.14. The summed E-state index contributed by atoms with van der Waals surface area (Å²) in [6, 6.07) is 24.3. The topological polar surface area (TPSA) is 307 Å². The molecule has 0 aliphatic rings. The van der Waals surface area contributed by atoms with E-state index in [-0.39, 0.29) is 49.9 Å². The third-order valence-electron chi connectivity index (χ3n) is 11.2. The van der Waals surface area contributed by atoms with E-state index < -0.39 is 72.6 Å². The van der Waals surface area contributed by atoms with Gasteiger partial charge >= 0.3 is 17.9 Å². The van der Waals surface area contributed by atoms with Gasteiger partial charge in [0, 0.05) is 34.3 Å². The highest BCUT2D eigenvalue weighted by molar-refractivity contribution is 9.12. The number of alkyl halides is 2. The molecule has 478 valence electrons. The normalized spacial score (nSPS) is 12.0. The lowest BCUT2D eigenvalue weighted by Crippen LogP contribution is -2.17. The highest BCUT2D eigenvalue weighted by atomic mass is 79.9. The van der Waals surface area contributed by atoms with Gasteiger partial charge in [0.1, 0.15) is 43.5 Å². The maximum absolute atomic E-state index is 13.5. The second kappa shape index (κ2) is 34.6. The van der Waals surface area contributed by atoms with Crippen molar-refractivity contribution in [3.05, 3.63) is 161 Å². The zero-order valence-corrected chi connectivity index (χ0v) is 59.8. The monoisotopic (exact) mass is 1700 g/mol. The van der Waals surface area contributed by atoms with Crippen molar-refractivity contribution < 1.29 is 82.7 Å². The summed E-state index contributed by atoms with van der Waals surface area (Å²) in [5, 5.41) is 29.2. The van der Waals surface area contributed by atoms with E-state index in [1.807, 2.05) is 13.0 Å². The molecular weight excluding hydrogens is 1660 g/mol. The van der Waals surface area contributed by atoms with E-state index in [9.17, 15) is 53.2 Å². The van der Waals surface area contributed by atoms with Crippen LogP contribution in [0.15, 0.2) is 118 Å². The van der Waals surface area contributed by atoms with Gasteiger partial charge in [0.15, 0.2) is 0 Å². The SMILES string of the molecule is CCS(=O)(=O)Nc1cc(C)cc(COc2c(Br)cc(CC(F)C(=O)O)cc2Br)c1.CCS(=O)(=O)Nc1cc(Cl)cc(COc2c(Br)cc(CC(F)C(=O)O)cc2Br)c1.CCS(=O)(=O)Nc1cc(Cl)cc(COc2c(Br)cc(NC(=O)CC(=O)O)cc2Br)c1. The number of sulfonamides is 3. The van der Waals surface area contributed by atoms with Gasteiger partial charge in [0.25, 0.3) is 0 Å². The van der Waals surface area contributed by atoms with E-state index in [4.69, 9.17) is 52.7 Å². The Morgan fingerprint density at radius 1 is 0.466 bits per heavy atom. The number of amides is 1. The highest BCUT2D eigenvalue weighted by Gasteiger charge is 2.22. The molecule has 6 rings (SSSR count). The van der Waals surface area contributed by atoms with E-state index in [0.29, 0.717) is 99.1 Å². The summed E-state index contributed by atoms with van der Waals surface area (Å²) in [6.45, 7) is 6.80. The molecule has 33 heteroatoms. The molecule has 6 aromatic carbocycles. The first-order valence-electron chi connectivity index (χ1n) is 25.3. The Labute approximate surface area is 567 Å². The zero-order chi connectivity index (χ0) is 66.0.